The molecule has 1 saturated heterocycles. The van der Waals surface area contributed by atoms with E-state index < -0.39 is 5.92 Å². The maximum absolute atomic E-state index is 12.3. The summed E-state index contributed by atoms with van der Waals surface area (Å²) in [6.45, 7) is 2.18. The molecule has 1 N–H and O–H groups in total. The molecule has 3 rings (SSSR count). The van der Waals surface area contributed by atoms with Crippen molar-refractivity contribution in [3.8, 4) is 0 Å². The number of hydrogen-bond acceptors (Lipinski definition) is 4. The van der Waals surface area contributed by atoms with Gasteiger partial charge in [0.2, 0.25) is 11.8 Å². The molecule has 0 spiro atoms. The molecule has 120 valence electrons. The van der Waals surface area contributed by atoms with Crippen LogP contribution in [-0.2, 0) is 9.59 Å². The summed E-state index contributed by atoms with van der Waals surface area (Å²) >= 11 is 13.6. The van der Waals surface area contributed by atoms with E-state index in [1.807, 2.05) is 6.92 Å². The Labute approximate surface area is 147 Å². The number of carbonyl (C=O) groups is 2. The Balaban J connectivity index is 1.74. The monoisotopic (exact) mass is 369 g/mol. The molecule has 1 atom stereocenters. The van der Waals surface area contributed by atoms with E-state index in [2.05, 4.69) is 10.3 Å². The van der Waals surface area contributed by atoms with Crippen LogP contribution in [0.5, 0.6) is 0 Å². The number of nitrogens with one attached hydrogen (secondary N) is 1. The van der Waals surface area contributed by atoms with Crippen LogP contribution in [-0.4, -0.2) is 23.3 Å². The van der Waals surface area contributed by atoms with E-state index in [1.54, 1.807) is 24.4 Å². The number of halogens is 2. The SMILES string of the molecule is Cc1cnc(NC(=O)[C@H]2CC(=O)N(c3cccc(Cl)c3Cl)C2)s1. The van der Waals surface area contributed by atoms with Gasteiger partial charge in [-0.3, -0.25) is 9.59 Å². The second-order valence-corrected chi connectivity index (χ2v) is 7.26. The van der Waals surface area contributed by atoms with Gasteiger partial charge >= 0.3 is 0 Å². The summed E-state index contributed by atoms with van der Waals surface area (Å²) in [6, 6.07) is 5.10. The van der Waals surface area contributed by atoms with Gasteiger partial charge in [0.15, 0.2) is 5.13 Å². The van der Waals surface area contributed by atoms with E-state index in [1.165, 1.54) is 16.2 Å². The number of thiazole rings is 1. The fraction of sp³-hybridized carbons (Fsp3) is 0.267. The van der Waals surface area contributed by atoms with E-state index >= 15 is 0 Å². The fourth-order valence-electron chi connectivity index (χ4n) is 2.44. The van der Waals surface area contributed by atoms with Gasteiger partial charge in [0, 0.05) is 24.0 Å². The van der Waals surface area contributed by atoms with Crippen LogP contribution in [0.25, 0.3) is 0 Å². The zero-order valence-electron chi connectivity index (χ0n) is 12.2. The predicted octanol–water partition coefficient (Wildman–Crippen LogP) is 3.75. The molecule has 1 aromatic carbocycles. The van der Waals surface area contributed by atoms with Crippen LogP contribution in [0, 0.1) is 12.8 Å². The number of aryl methyl sites for hydroxylation is 1. The Hall–Kier alpha value is -1.63. The highest BCUT2D eigenvalue weighted by Crippen LogP contribution is 2.36. The summed E-state index contributed by atoms with van der Waals surface area (Å²) in [7, 11) is 0. The van der Waals surface area contributed by atoms with Crippen LogP contribution >= 0.6 is 34.5 Å². The molecule has 0 aliphatic carbocycles. The van der Waals surface area contributed by atoms with Gasteiger partial charge < -0.3 is 10.2 Å². The maximum atomic E-state index is 12.3. The fourth-order valence-corrected chi connectivity index (χ4v) is 3.50. The first-order valence-corrected chi connectivity index (χ1v) is 8.50. The lowest BCUT2D eigenvalue weighted by atomic mass is 10.1. The molecule has 2 aromatic rings. The molecule has 0 radical (unpaired) electrons. The minimum atomic E-state index is -0.443. The molecule has 0 unspecified atom stereocenters. The minimum absolute atomic E-state index is 0.138. The summed E-state index contributed by atoms with van der Waals surface area (Å²) in [5.74, 6) is -0.806. The zero-order chi connectivity index (χ0) is 16.6. The molecular weight excluding hydrogens is 357 g/mol. The Bertz CT molecular complexity index is 778. The molecule has 5 nitrogen and oxygen atoms in total. The summed E-state index contributed by atoms with van der Waals surface area (Å²) in [6.07, 6.45) is 1.83. The summed E-state index contributed by atoms with van der Waals surface area (Å²) in [5.41, 5.74) is 0.532. The molecular formula is C15H13Cl2N3O2S. The van der Waals surface area contributed by atoms with Gasteiger partial charge in [-0.2, -0.15) is 0 Å². The highest BCUT2D eigenvalue weighted by molar-refractivity contribution is 7.15. The van der Waals surface area contributed by atoms with Crippen molar-refractivity contribution in [3.05, 3.63) is 39.3 Å². The molecule has 0 bridgehead atoms. The van der Waals surface area contributed by atoms with Crippen molar-refractivity contribution in [2.24, 2.45) is 5.92 Å². The number of rotatable bonds is 3. The van der Waals surface area contributed by atoms with Crippen molar-refractivity contribution < 1.29 is 9.59 Å². The van der Waals surface area contributed by atoms with Crippen molar-refractivity contribution in [2.45, 2.75) is 13.3 Å². The summed E-state index contributed by atoms with van der Waals surface area (Å²) in [4.78, 5) is 31.2. The van der Waals surface area contributed by atoms with Crippen molar-refractivity contribution in [1.82, 2.24) is 4.98 Å². The second-order valence-electron chi connectivity index (χ2n) is 5.24. The zero-order valence-corrected chi connectivity index (χ0v) is 14.5. The predicted molar refractivity (Wildman–Crippen MR) is 92.4 cm³/mol. The van der Waals surface area contributed by atoms with E-state index in [-0.39, 0.29) is 24.8 Å². The van der Waals surface area contributed by atoms with Gasteiger partial charge in [0.1, 0.15) is 0 Å². The first kappa shape index (κ1) is 16.2. The molecule has 23 heavy (non-hydrogen) atoms. The second kappa shape index (κ2) is 6.47. The molecule has 1 aliphatic rings. The lowest BCUT2D eigenvalue weighted by Gasteiger charge is -2.18. The van der Waals surface area contributed by atoms with Gasteiger partial charge in [0.25, 0.3) is 0 Å². The number of nitrogens with zero attached hydrogens (tertiary/aromatic N) is 2. The van der Waals surface area contributed by atoms with E-state index in [0.717, 1.165) is 4.88 Å². The van der Waals surface area contributed by atoms with Gasteiger partial charge in [-0.05, 0) is 19.1 Å². The van der Waals surface area contributed by atoms with Crippen LogP contribution in [0.4, 0.5) is 10.8 Å². The maximum Gasteiger partial charge on any atom is 0.231 e. The first-order valence-electron chi connectivity index (χ1n) is 6.93. The number of hydrogen-bond donors (Lipinski definition) is 1. The Morgan fingerprint density at radius 3 is 2.91 bits per heavy atom. The van der Waals surface area contributed by atoms with Crippen molar-refractivity contribution in [1.29, 1.82) is 0 Å². The van der Waals surface area contributed by atoms with Gasteiger partial charge in [0.05, 0.1) is 21.7 Å². The number of carbonyl (C=O) groups excluding carboxylic acids is 2. The number of aromatic nitrogens is 1. The van der Waals surface area contributed by atoms with Gasteiger partial charge in [-0.1, -0.05) is 29.3 Å². The molecule has 1 aromatic heterocycles. The van der Waals surface area contributed by atoms with Crippen LogP contribution in [0.3, 0.4) is 0 Å². The Morgan fingerprint density at radius 1 is 1.43 bits per heavy atom. The standard InChI is InChI=1S/C15H13Cl2N3O2S/c1-8-6-18-15(23-8)19-14(22)9-5-12(21)20(7-9)11-4-2-3-10(16)13(11)17/h2-4,6,9H,5,7H2,1H3,(H,18,19,22)/t9-/m0/s1. The summed E-state index contributed by atoms with van der Waals surface area (Å²) in [5, 5.41) is 3.99. The lowest BCUT2D eigenvalue weighted by molar-refractivity contribution is -0.122. The first-order chi connectivity index (χ1) is 11.0. The molecule has 2 heterocycles. The molecule has 2 amide bonds. The molecule has 8 heteroatoms. The Morgan fingerprint density at radius 2 is 2.22 bits per heavy atom. The topological polar surface area (TPSA) is 62.3 Å². The van der Waals surface area contributed by atoms with Crippen molar-refractivity contribution in [2.75, 3.05) is 16.8 Å². The van der Waals surface area contributed by atoms with Crippen LogP contribution < -0.4 is 10.2 Å². The number of benzene rings is 1. The van der Waals surface area contributed by atoms with Gasteiger partial charge in [-0.15, -0.1) is 11.3 Å². The number of anilines is 2. The molecule has 1 aliphatic heterocycles. The quantitative estimate of drug-likeness (QED) is 0.895. The lowest BCUT2D eigenvalue weighted by Crippen LogP contribution is -2.28. The third-order valence-corrected chi connectivity index (χ3v) is 5.21. The Kier molecular flexibility index (Phi) is 4.57. The highest BCUT2D eigenvalue weighted by atomic mass is 35.5. The average molecular weight is 370 g/mol. The van der Waals surface area contributed by atoms with Gasteiger partial charge in [-0.25, -0.2) is 4.98 Å². The van der Waals surface area contributed by atoms with Crippen molar-refractivity contribution >= 4 is 57.2 Å². The van der Waals surface area contributed by atoms with Crippen LogP contribution in [0.15, 0.2) is 24.4 Å². The normalized spacial score (nSPS) is 17.6. The summed E-state index contributed by atoms with van der Waals surface area (Å²) < 4.78 is 0. The average Bonchev–Trinajstić information content (AvgIpc) is 3.08. The third kappa shape index (κ3) is 3.34. The minimum Gasteiger partial charge on any atom is -0.310 e. The smallest absolute Gasteiger partial charge is 0.231 e. The van der Waals surface area contributed by atoms with Crippen molar-refractivity contribution in [3.63, 3.8) is 0 Å². The molecule has 0 saturated carbocycles. The highest BCUT2D eigenvalue weighted by Gasteiger charge is 2.36. The molecule has 1 fully saturated rings. The van der Waals surface area contributed by atoms with E-state index in [9.17, 15) is 9.59 Å². The van der Waals surface area contributed by atoms with E-state index in [4.69, 9.17) is 23.2 Å². The largest absolute Gasteiger partial charge is 0.310 e. The van der Waals surface area contributed by atoms with E-state index in [0.29, 0.717) is 20.9 Å². The van der Waals surface area contributed by atoms with Crippen LogP contribution in [0.1, 0.15) is 11.3 Å². The number of amides is 2. The van der Waals surface area contributed by atoms with Crippen LogP contribution in [0.2, 0.25) is 10.0 Å². The third-order valence-electron chi connectivity index (χ3n) is 3.57.